The summed E-state index contributed by atoms with van der Waals surface area (Å²) in [5.74, 6) is 0.393. The fourth-order valence-corrected chi connectivity index (χ4v) is 3.32. The quantitative estimate of drug-likeness (QED) is 0.850. The molecule has 1 aliphatic carbocycles. The fraction of sp³-hybridized carbons (Fsp3) is 0.500. The van der Waals surface area contributed by atoms with Gasteiger partial charge in [-0.3, -0.25) is 9.59 Å². The van der Waals surface area contributed by atoms with Crippen molar-refractivity contribution in [1.29, 1.82) is 0 Å². The molecule has 1 N–H and O–H groups in total. The van der Waals surface area contributed by atoms with Crippen molar-refractivity contribution in [3.05, 3.63) is 28.3 Å². The van der Waals surface area contributed by atoms with Crippen molar-refractivity contribution in [2.45, 2.75) is 38.7 Å². The predicted octanol–water partition coefficient (Wildman–Crippen LogP) is 3.22. The van der Waals surface area contributed by atoms with Crippen LogP contribution in [0.25, 0.3) is 0 Å². The lowest BCUT2D eigenvalue weighted by Crippen LogP contribution is -2.32. The number of halogens is 1. The van der Waals surface area contributed by atoms with Crippen molar-refractivity contribution in [3.8, 4) is 0 Å². The molecule has 3 rings (SSSR count). The number of carbonyl (C=O) groups is 2. The molecule has 1 aromatic rings. The highest BCUT2D eigenvalue weighted by atomic mass is 35.5. The molecule has 0 unspecified atom stereocenters. The lowest BCUT2D eigenvalue weighted by Gasteiger charge is -2.34. The molecule has 2 aliphatic rings. The molecule has 1 aromatic carbocycles. The Morgan fingerprint density at radius 1 is 1.43 bits per heavy atom. The van der Waals surface area contributed by atoms with Gasteiger partial charge in [0.2, 0.25) is 5.91 Å². The number of rotatable bonds is 5. The maximum atomic E-state index is 12.4. The van der Waals surface area contributed by atoms with Crippen molar-refractivity contribution >= 4 is 29.0 Å². The van der Waals surface area contributed by atoms with Gasteiger partial charge in [0.15, 0.2) is 5.78 Å². The third kappa shape index (κ3) is 2.97. The summed E-state index contributed by atoms with van der Waals surface area (Å²) in [4.78, 5) is 23.8. The molecule has 0 radical (unpaired) electrons. The summed E-state index contributed by atoms with van der Waals surface area (Å²) in [6, 6.07) is 3.44. The smallest absolute Gasteiger partial charge is 0.228 e. The van der Waals surface area contributed by atoms with Gasteiger partial charge in [-0.2, -0.15) is 0 Å². The SMILES string of the molecule is CCOC1CC(CC(=O)c2cc3c(cc2Cl)NC(=O)C3)C1. The maximum Gasteiger partial charge on any atom is 0.228 e. The molecule has 1 fully saturated rings. The minimum absolute atomic E-state index is 0.0517. The molecule has 1 heterocycles. The van der Waals surface area contributed by atoms with Gasteiger partial charge in [0, 0.05) is 24.3 Å². The lowest BCUT2D eigenvalue weighted by molar-refractivity contribution is -0.115. The Bertz CT molecular complexity index is 593. The van der Waals surface area contributed by atoms with Crippen LogP contribution in [0.3, 0.4) is 0 Å². The van der Waals surface area contributed by atoms with Crippen LogP contribution in [0.15, 0.2) is 12.1 Å². The molecule has 0 spiro atoms. The first-order valence-electron chi connectivity index (χ1n) is 7.34. The van der Waals surface area contributed by atoms with Crippen LogP contribution in [0.2, 0.25) is 5.02 Å². The van der Waals surface area contributed by atoms with E-state index in [1.165, 1.54) is 0 Å². The summed E-state index contributed by atoms with van der Waals surface area (Å²) in [5.41, 5.74) is 2.11. The second-order valence-electron chi connectivity index (χ2n) is 5.76. The molecule has 1 saturated carbocycles. The van der Waals surface area contributed by atoms with Crippen LogP contribution in [0.4, 0.5) is 5.69 Å². The second kappa shape index (κ2) is 5.78. The molecule has 1 aliphatic heterocycles. The number of amides is 1. The van der Waals surface area contributed by atoms with Crippen molar-refractivity contribution in [2.75, 3.05) is 11.9 Å². The van der Waals surface area contributed by atoms with E-state index >= 15 is 0 Å². The van der Waals surface area contributed by atoms with E-state index in [1.54, 1.807) is 12.1 Å². The Morgan fingerprint density at radius 3 is 2.90 bits per heavy atom. The van der Waals surface area contributed by atoms with E-state index < -0.39 is 0 Å². The lowest BCUT2D eigenvalue weighted by atomic mass is 9.78. The van der Waals surface area contributed by atoms with Gasteiger partial charge < -0.3 is 10.1 Å². The first-order chi connectivity index (χ1) is 10.1. The van der Waals surface area contributed by atoms with Crippen molar-refractivity contribution in [1.82, 2.24) is 0 Å². The molecule has 112 valence electrons. The Labute approximate surface area is 128 Å². The number of Topliss-reactive ketones (excluding diaryl/α,β-unsaturated/α-hetero) is 1. The molecule has 0 aromatic heterocycles. The van der Waals surface area contributed by atoms with Crippen LogP contribution in [-0.4, -0.2) is 24.4 Å². The topological polar surface area (TPSA) is 55.4 Å². The number of hydrogen-bond acceptors (Lipinski definition) is 3. The monoisotopic (exact) mass is 307 g/mol. The Balaban J connectivity index is 1.66. The summed E-state index contributed by atoms with van der Waals surface area (Å²) in [5, 5.41) is 3.15. The zero-order valence-electron chi connectivity index (χ0n) is 11.9. The third-order valence-electron chi connectivity index (χ3n) is 4.19. The summed E-state index contributed by atoms with van der Waals surface area (Å²) < 4.78 is 5.51. The highest BCUT2D eigenvalue weighted by Crippen LogP contribution is 2.36. The first-order valence-corrected chi connectivity index (χ1v) is 7.71. The highest BCUT2D eigenvalue weighted by Gasteiger charge is 2.32. The van der Waals surface area contributed by atoms with Crippen molar-refractivity contribution in [2.24, 2.45) is 5.92 Å². The Morgan fingerprint density at radius 2 is 2.19 bits per heavy atom. The molecular weight excluding hydrogens is 290 g/mol. The number of anilines is 1. The van der Waals surface area contributed by atoms with E-state index in [2.05, 4.69) is 5.32 Å². The van der Waals surface area contributed by atoms with Gasteiger partial charge in [-0.25, -0.2) is 0 Å². The van der Waals surface area contributed by atoms with E-state index in [1.807, 2.05) is 6.92 Å². The van der Waals surface area contributed by atoms with Gasteiger partial charge in [0.05, 0.1) is 17.5 Å². The van der Waals surface area contributed by atoms with E-state index in [4.69, 9.17) is 16.3 Å². The maximum absolute atomic E-state index is 12.4. The molecule has 0 bridgehead atoms. The molecule has 5 heteroatoms. The number of ether oxygens (including phenoxy) is 1. The number of nitrogens with one attached hydrogen (secondary N) is 1. The standard InChI is InChI=1S/C16H18ClNO3/c1-2-21-11-3-9(4-11)5-15(19)12-6-10-7-16(20)18-14(10)8-13(12)17/h6,8-9,11H,2-5,7H2,1H3,(H,18,20). The fourth-order valence-electron chi connectivity index (χ4n) is 3.05. The minimum atomic E-state index is -0.0517. The van der Waals surface area contributed by atoms with Gasteiger partial charge in [-0.1, -0.05) is 11.6 Å². The Hall–Kier alpha value is -1.39. The number of benzene rings is 1. The molecule has 4 nitrogen and oxygen atoms in total. The van der Waals surface area contributed by atoms with Gasteiger partial charge in [-0.15, -0.1) is 0 Å². The summed E-state index contributed by atoms with van der Waals surface area (Å²) in [7, 11) is 0. The second-order valence-corrected chi connectivity index (χ2v) is 6.16. The van der Waals surface area contributed by atoms with Crippen molar-refractivity contribution in [3.63, 3.8) is 0 Å². The molecule has 1 amide bonds. The van der Waals surface area contributed by atoms with Crippen LogP contribution in [0, 0.1) is 5.92 Å². The normalized spacial score (nSPS) is 23.4. The predicted molar refractivity (Wildman–Crippen MR) is 80.9 cm³/mol. The number of ketones is 1. The molecule has 0 saturated heterocycles. The number of carbonyl (C=O) groups excluding carboxylic acids is 2. The summed E-state index contributed by atoms with van der Waals surface area (Å²) >= 11 is 6.18. The Kier molecular flexibility index (Phi) is 4.00. The summed E-state index contributed by atoms with van der Waals surface area (Å²) in [6.45, 7) is 2.71. The van der Waals surface area contributed by atoms with Gasteiger partial charge in [-0.05, 0) is 43.4 Å². The molecule has 0 atom stereocenters. The van der Waals surface area contributed by atoms with E-state index in [9.17, 15) is 9.59 Å². The zero-order valence-corrected chi connectivity index (χ0v) is 12.7. The third-order valence-corrected chi connectivity index (χ3v) is 4.50. The van der Waals surface area contributed by atoms with Crippen LogP contribution in [0.1, 0.15) is 42.1 Å². The van der Waals surface area contributed by atoms with Crippen molar-refractivity contribution < 1.29 is 14.3 Å². The van der Waals surface area contributed by atoms with Gasteiger partial charge >= 0.3 is 0 Å². The van der Waals surface area contributed by atoms with Gasteiger partial charge in [0.25, 0.3) is 0 Å². The van der Waals surface area contributed by atoms with Crippen LogP contribution >= 0.6 is 11.6 Å². The van der Waals surface area contributed by atoms with Crippen LogP contribution in [0.5, 0.6) is 0 Å². The summed E-state index contributed by atoms with van der Waals surface area (Å²) in [6.07, 6.45) is 3.03. The van der Waals surface area contributed by atoms with Gasteiger partial charge in [0.1, 0.15) is 0 Å². The first kappa shape index (κ1) is 14.5. The minimum Gasteiger partial charge on any atom is -0.378 e. The van der Waals surface area contributed by atoms with E-state index in [0.29, 0.717) is 35.4 Å². The van der Waals surface area contributed by atoms with E-state index in [-0.39, 0.29) is 11.7 Å². The molecular formula is C16H18ClNO3. The number of hydrogen-bond donors (Lipinski definition) is 1. The van der Waals surface area contributed by atoms with Crippen LogP contribution < -0.4 is 5.32 Å². The van der Waals surface area contributed by atoms with Crippen LogP contribution in [-0.2, 0) is 16.0 Å². The molecule has 21 heavy (non-hydrogen) atoms. The average Bonchev–Trinajstić information content (AvgIpc) is 2.74. The largest absolute Gasteiger partial charge is 0.378 e. The zero-order chi connectivity index (χ0) is 15.0. The number of fused-ring (bicyclic) bond motifs is 1. The average molecular weight is 308 g/mol. The highest BCUT2D eigenvalue weighted by molar-refractivity contribution is 6.34. The van der Waals surface area contributed by atoms with E-state index in [0.717, 1.165) is 30.7 Å².